The predicted octanol–water partition coefficient (Wildman–Crippen LogP) is 4.19. The minimum absolute atomic E-state index is 0.661. The molecule has 0 saturated heterocycles. The van der Waals surface area contributed by atoms with Crippen LogP contribution in [0.3, 0.4) is 0 Å². The molecule has 2 aromatic rings. The van der Waals surface area contributed by atoms with Crippen LogP contribution in [0.5, 0.6) is 0 Å². The van der Waals surface area contributed by atoms with Crippen LogP contribution in [0.2, 0.25) is 0 Å². The van der Waals surface area contributed by atoms with Gasteiger partial charge in [0, 0.05) is 44.5 Å². The van der Waals surface area contributed by atoms with Crippen LogP contribution < -0.4 is 0 Å². The van der Waals surface area contributed by atoms with Gasteiger partial charge in [-0.1, -0.05) is 13.8 Å². The number of nitrogens with zero attached hydrogens (tertiary/aromatic N) is 4. The van der Waals surface area contributed by atoms with E-state index >= 15 is 0 Å². The van der Waals surface area contributed by atoms with Crippen molar-refractivity contribution in [3.05, 3.63) is 40.6 Å². The lowest BCUT2D eigenvalue weighted by atomic mass is 10.1. The molecule has 0 spiro atoms. The predicted molar refractivity (Wildman–Crippen MR) is 119 cm³/mol. The molecule has 0 bridgehead atoms. The fourth-order valence-corrected chi connectivity index (χ4v) is 4.01. The molecule has 0 saturated carbocycles. The Morgan fingerprint density at radius 1 is 1.08 bits per heavy atom. The molecule has 0 radical (unpaired) electrons. The molecule has 8 nitrogen and oxygen atoms in total. The summed E-state index contributed by atoms with van der Waals surface area (Å²) in [5, 5.41) is 18.7. The second-order valence-corrected chi connectivity index (χ2v) is 8.53. The summed E-state index contributed by atoms with van der Waals surface area (Å²) in [6, 6.07) is 2.24. The highest BCUT2D eigenvalue weighted by molar-refractivity contribution is 7.07. The van der Waals surface area contributed by atoms with Gasteiger partial charge in [-0.2, -0.15) is 37.7 Å². The van der Waals surface area contributed by atoms with Gasteiger partial charge in [0.1, 0.15) is 5.82 Å². The van der Waals surface area contributed by atoms with E-state index in [1.165, 1.54) is 17.9 Å². The minimum atomic E-state index is -5.08. The summed E-state index contributed by atoms with van der Waals surface area (Å²) in [4.78, 5) is 27.4. The van der Waals surface area contributed by atoms with Crippen LogP contribution in [0.4, 0.5) is 26.3 Å². The van der Waals surface area contributed by atoms with E-state index in [9.17, 15) is 26.3 Å². The number of imidazole rings is 1. The maximum Gasteiger partial charge on any atom is 0.490 e. The van der Waals surface area contributed by atoms with E-state index in [-0.39, 0.29) is 0 Å². The lowest BCUT2D eigenvalue weighted by Crippen LogP contribution is -2.36. The van der Waals surface area contributed by atoms with Crippen LogP contribution >= 0.6 is 11.3 Å². The zero-order valence-corrected chi connectivity index (χ0v) is 20.4. The van der Waals surface area contributed by atoms with Crippen LogP contribution in [0, 0.1) is 5.92 Å². The Morgan fingerprint density at radius 3 is 2.08 bits per heavy atom. The quantitative estimate of drug-likeness (QED) is 0.525. The van der Waals surface area contributed by atoms with Crippen molar-refractivity contribution in [2.75, 3.05) is 26.2 Å². The third-order valence-corrected chi connectivity index (χ3v) is 5.75. The van der Waals surface area contributed by atoms with Gasteiger partial charge in [0.25, 0.3) is 0 Å². The Hall–Kier alpha value is -2.65. The number of aromatic nitrogens is 2. The van der Waals surface area contributed by atoms with Gasteiger partial charge < -0.3 is 19.7 Å². The molecular weight excluding hydrogens is 518 g/mol. The first-order chi connectivity index (χ1) is 16.7. The molecule has 3 rings (SSSR count). The fourth-order valence-electron chi connectivity index (χ4n) is 3.35. The van der Waals surface area contributed by atoms with Gasteiger partial charge in [-0.25, -0.2) is 14.6 Å². The lowest BCUT2D eigenvalue weighted by molar-refractivity contribution is -0.193. The normalized spacial score (nSPS) is 16.2. The number of carboxylic acid groups (broad SMARTS) is 2. The van der Waals surface area contributed by atoms with Crippen molar-refractivity contribution in [3.63, 3.8) is 0 Å². The smallest absolute Gasteiger partial charge is 0.475 e. The highest BCUT2D eigenvalue weighted by atomic mass is 32.1. The SMILES string of the molecule is CCN(CC)CC1CN(Cc2ccsc2)Cc2nccn2C1.O=C(O)C(F)(F)F.O=C(O)C(F)(F)F. The highest BCUT2D eigenvalue weighted by Gasteiger charge is 2.38. The third-order valence-electron chi connectivity index (χ3n) is 5.02. The summed E-state index contributed by atoms with van der Waals surface area (Å²) in [5.41, 5.74) is 1.42. The number of alkyl halides is 6. The van der Waals surface area contributed by atoms with Gasteiger partial charge in [0.2, 0.25) is 0 Å². The Morgan fingerprint density at radius 2 is 1.64 bits per heavy atom. The molecule has 0 aliphatic carbocycles. The fraction of sp³-hybridized carbons (Fsp3) is 0.571. The maximum atomic E-state index is 10.6. The zero-order chi connectivity index (χ0) is 27.5. The van der Waals surface area contributed by atoms with Crippen LogP contribution in [0.15, 0.2) is 29.2 Å². The van der Waals surface area contributed by atoms with Gasteiger partial charge in [0.05, 0.1) is 6.54 Å². The van der Waals surface area contributed by atoms with Crippen LogP contribution in [-0.4, -0.2) is 80.0 Å². The Balaban J connectivity index is 0.000000383. The molecule has 2 N–H and O–H groups in total. The molecule has 1 unspecified atom stereocenters. The van der Waals surface area contributed by atoms with E-state index < -0.39 is 24.3 Å². The Bertz CT molecular complexity index is 906. The average molecular weight is 547 g/mol. The van der Waals surface area contributed by atoms with Crippen LogP contribution in [0.1, 0.15) is 25.2 Å². The summed E-state index contributed by atoms with van der Waals surface area (Å²) in [5.74, 6) is -3.65. The lowest BCUT2D eigenvalue weighted by Gasteiger charge is -2.28. The number of rotatable bonds is 6. The first kappa shape index (κ1) is 31.4. The van der Waals surface area contributed by atoms with Gasteiger partial charge >= 0.3 is 24.3 Å². The standard InChI is InChI=1S/C17H26N4S.2C2HF3O2/c1-3-19(4-2)10-16-11-20(9-15-5-8-22-14-15)13-17-18-6-7-21(17)12-16;2*3-2(4,5)1(6)7/h5-8,14,16H,3-4,9-13H2,1-2H3;2*(H,6,7). The number of halogens is 6. The Kier molecular flexibility index (Phi) is 12.4. The Labute approximate surface area is 207 Å². The van der Waals surface area contributed by atoms with Crippen LogP contribution in [0.25, 0.3) is 0 Å². The van der Waals surface area contributed by atoms with Crippen molar-refractivity contribution in [2.24, 2.45) is 5.92 Å². The summed E-state index contributed by atoms with van der Waals surface area (Å²) >= 11 is 1.78. The van der Waals surface area contributed by atoms with E-state index in [4.69, 9.17) is 19.8 Å². The molecule has 1 aliphatic rings. The van der Waals surface area contributed by atoms with Gasteiger partial charge in [-0.15, -0.1) is 0 Å². The number of fused-ring (bicyclic) bond motifs is 1. The maximum absolute atomic E-state index is 10.6. The number of aliphatic carboxylic acids is 2. The van der Waals surface area contributed by atoms with E-state index in [1.54, 1.807) is 11.3 Å². The first-order valence-corrected chi connectivity index (χ1v) is 11.7. The second-order valence-electron chi connectivity index (χ2n) is 7.75. The summed E-state index contributed by atoms with van der Waals surface area (Å²) < 4.78 is 65.8. The van der Waals surface area contributed by atoms with Crippen molar-refractivity contribution in [2.45, 2.75) is 45.8 Å². The molecule has 204 valence electrons. The largest absolute Gasteiger partial charge is 0.490 e. The van der Waals surface area contributed by atoms with Crippen LogP contribution in [-0.2, 0) is 29.2 Å². The monoisotopic (exact) mass is 546 g/mol. The molecule has 15 heteroatoms. The number of hydrogen-bond acceptors (Lipinski definition) is 6. The molecule has 2 aromatic heterocycles. The number of thiophene rings is 1. The van der Waals surface area contributed by atoms with Gasteiger partial charge in [0.15, 0.2) is 0 Å². The first-order valence-electron chi connectivity index (χ1n) is 10.7. The summed E-state index contributed by atoms with van der Waals surface area (Å²) in [6.45, 7) is 12.2. The summed E-state index contributed by atoms with van der Waals surface area (Å²) in [7, 11) is 0. The van der Waals surface area contributed by atoms with E-state index in [1.807, 2.05) is 6.20 Å². The van der Waals surface area contributed by atoms with E-state index in [0.29, 0.717) is 5.92 Å². The summed E-state index contributed by atoms with van der Waals surface area (Å²) in [6.07, 6.45) is -6.09. The second kappa shape index (κ2) is 14.2. The van der Waals surface area contributed by atoms with Crippen molar-refractivity contribution in [1.82, 2.24) is 19.4 Å². The van der Waals surface area contributed by atoms with Crippen molar-refractivity contribution < 1.29 is 46.1 Å². The molecule has 3 heterocycles. The van der Waals surface area contributed by atoms with Crippen molar-refractivity contribution in [1.29, 1.82) is 0 Å². The molecule has 1 atom stereocenters. The molecule has 36 heavy (non-hydrogen) atoms. The average Bonchev–Trinajstić information content (AvgIpc) is 3.40. The van der Waals surface area contributed by atoms with E-state index in [2.05, 4.69) is 56.2 Å². The third kappa shape index (κ3) is 11.4. The number of carbonyl (C=O) groups is 2. The van der Waals surface area contributed by atoms with Crippen molar-refractivity contribution >= 4 is 23.3 Å². The number of hydrogen-bond donors (Lipinski definition) is 2. The topological polar surface area (TPSA) is 98.9 Å². The molecule has 1 aliphatic heterocycles. The molecule has 0 aromatic carbocycles. The molecule has 0 fully saturated rings. The highest BCUT2D eigenvalue weighted by Crippen LogP contribution is 2.20. The minimum Gasteiger partial charge on any atom is -0.475 e. The van der Waals surface area contributed by atoms with E-state index in [0.717, 1.165) is 39.3 Å². The van der Waals surface area contributed by atoms with Gasteiger partial charge in [-0.05, 0) is 35.5 Å². The molecular formula is C21H28F6N4O4S. The zero-order valence-electron chi connectivity index (χ0n) is 19.6. The van der Waals surface area contributed by atoms with Gasteiger partial charge in [-0.3, -0.25) is 4.90 Å². The molecule has 0 amide bonds. The van der Waals surface area contributed by atoms with Crippen molar-refractivity contribution in [3.8, 4) is 0 Å². The number of carboxylic acids is 2.